The fourth-order valence-electron chi connectivity index (χ4n) is 5.13. The molecule has 0 aliphatic carbocycles. The van der Waals surface area contributed by atoms with Crippen LogP contribution in [0.1, 0.15) is 35.2 Å². The summed E-state index contributed by atoms with van der Waals surface area (Å²) < 4.78 is 0.423. The summed E-state index contributed by atoms with van der Waals surface area (Å²) in [5.41, 5.74) is 5.81. The van der Waals surface area contributed by atoms with E-state index in [0.717, 1.165) is 48.4 Å². The number of halogens is 1. The summed E-state index contributed by atoms with van der Waals surface area (Å²) in [7, 11) is 1.60. The number of hydrogen-bond acceptors (Lipinski definition) is 8. The molecular formula is C33H34BrN7O2. The van der Waals surface area contributed by atoms with Crippen molar-refractivity contribution in [3.8, 4) is 0 Å². The number of carbonyl (C=O) groups excluding carboxylic acids is 2. The minimum atomic E-state index is -0.194. The summed E-state index contributed by atoms with van der Waals surface area (Å²) in [6, 6.07) is 23.4. The molecule has 4 N–H and O–H groups in total. The lowest BCUT2D eigenvalue weighted by Crippen LogP contribution is -2.44. The van der Waals surface area contributed by atoms with Crippen LogP contribution in [0, 0.1) is 0 Å². The average Bonchev–Trinajstić information content (AvgIpc) is 3.05. The Bertz CT molecular complexity index is 1610. The fraction of sp³-hybridized carbons (Fsp3) is 0.212. The number of hydrogen-bond donors (Lipinski definition) is 4. The van der Waals surface area contributed by atoms with Gasteiger partial charge in [0.15, 0.2) is 16.3 Å². The lowest BCUT2D eigenvalue weighted by Gasteiger charge is -2.36. The lowest BCUT2D eigenvalue weighted by atomic mass is 9.97. The van der Waals surface area contributed by atoms with Crippen LogP contribution in [0.25, 0.3) is 0 Å². The van der Waals surface area contributed by atoms with Gasteiger partial charge in [-0.05, 0) is 89.3 Å². The molecule has 1 atom stereocenters. The first-order valence-electron chi connectivity index (χ1n) is 14.2. The van der Waals surface area contributed by atoms with Crippen LogP contribution < -0.4 is 26.2 Å². The van der Waals surface area contributed by atoms with Crippen LogP contribution >= 0.6 is 15.9 Å². The number of carbonyl (C=O) groups is 2. The molecule has 2 heterocycles. The van der Waals surface area contributed by atoms with Gasteiger partial charge in [0.2, 0.25) is 0 Å². The lowest BCUT2D eigenvalue weighted by molar-refractivity contribution is -0.116. The quantitative estimate of drug-likeness (QED) is 0.105. The molecule has 0 saturated carbocycles. The van der Waals surface area contributed by atoms with Gasteiger partial charge < -0.3 is 26.2 Å². The number of rotatable bonds is 11. The molecule has 0 bridgehead atoms. The van der Waals surface area contributed by atoms with E-state index in [0.29, 0.717) is 34.0 Å². The van der Waals surface area contributed by atoms with Gasteiger partial charge in [0, 0.05) is 37.2 Å². The second-order valence-corrected chi connectivity index (χ2v) is 10.9. The van der Waals surface area contributed by atoms with Crippen molar-refractivity contribution < 1.29 is 9.59 Å². The van der Waals surface area contributed by atoms with Gasteiger partial charge >= 0.3 is 0 Å². The van der Waals surface area contributed by atoms with E-state index in [1.54, 1.807) is 19.3 Å². The second kappa shape index (κ2) is 14.0. The Labute approximate surface area is 260 Å². The zero-order valence-electron chi connectivity index (χ0n) is 23.9. The molecule has 43 heavy (non-hydrogen) atoms. The minimum Gasteiger partial charge on any atom is -0.381 e. The number of para-hydroxylation sites is 1. The molecule has 3 aromatic carbocycles. The van der Waals surface area contributed by atoms with Gasteiger partial charge in [0.1, 0.15) is 5.69 Å². The van der Waals surface area contributed by atoms with Crippen LogP contribution in [-0.4, -0.2) is 41.3 Å². The van der Waals surface area contributed by atoms with Crippen molar-refractivity contribution in [1.82, 2.24) is 15.3 Å². The summed E-state index contributed by atoms with van der Waals surface area (Å²) in [6.45, 7) is 5.20. The molecule has 10 heteroatoms. The minimum absolute atomic E-state index is 0.0815. The van der Waals surface area contributed by atoms with E-state index in [4.69, 9.17) is 0 Å². The Morgan fingerprint density at radius 2 is 1.81 bits per heavy atom. The molecule has 1 aromatic heterocycles. The van der Waals surface area contributed by atoms with Crippen LogP contribution in [0.3, 0.4) is 0 Å². The zero-order valence-corrected chi connectivity index (χ0v) is 25.5. The number of nitrogens with zero attached hydrogens (tertiary/aromatic N) is 3. The standard InChI is InChI=1S/C33H34BrN7O2/c1-3-30(42)29-13-6-7-18-41(29)25-10-8-9-24(19-25)36-20-22-14-16-23(17-15-22)38-28-21-37-33(34)40-31(28)39-27-12-5-4-11-26(27)32(43)35-2/h3-5,8-12,14-17,19,21,29,36,38H,1,6-7,13,18,20H2,2H3,(H,35,43)(H,37,39,40). The highest BCUT2D eigenvalue weighted by atomic mass is 79.9. The first-order valence-corrected chi connectivity index (χ1v) is 15.0. The molecule has 4 aromatic rings. The van der Waals surface area contributed by atoms with Crippen molar-refractivity contribution in [2.75, 3.05) is 34.4 Å². The van der Waals surface area contributed by atoms with Gasteiger partial charge in [-0.1, -0.05) is 36.9 Å². The summed E-state index contributed by atoms with van der Waals surface area (Å²) >= 11 is 3.34. The van der Waals surface area contributed by atoms with E-state index >= 15 is 0 Å². The van der Waals surface area contributed by atoms with E-state index in [9.17, 15) is 9.59 Å². The molecule has 5 rings (SSSR count). The van der Waals surface area contributed by atoms with Crippen molar-refractivity contribution in [2.24, 2.45) is 0 Å². The first-order chi connectivity index (χ1) is 20.9. The average molecular weight is 641 g/mol. The van der Waals surface area contributed by atoms with Crippen LogP contribution in [0.15, 0.2) is 96.4 Å². The summed E-state index contributed by atoms with van der Waals surface area (Å²) in [6.07, 6.45) is 6.11. The molecule has 1 fully saturated rings. The summed E-state index contributed by atoms with van der Waals surface area (Å²) in [5.74, 6) is 0.410. The predicted octanol–water partition coefficient (Wildman–Crippen LogP) is 6.81. The smallest absolute Gasteiger partial charge is 0.253 e. The monoisotopic (exact) mass is 639 g/mol. The highest BCUT2D eigenvalue weighted by molar-refractivity contribution is 9.10. The predicted molar refractivity (Wildman–Crippen MR) is 177 cm³/mol. The van der Waals surface area contributed by atoms with Crippen LogP contribution in [-0.2, 0) is 11.3 Å². The topological polar surface area (TPSA) is 111 Å². The first kappa shape index (κ1) is 29.8. The Balaban J connectivity index is 1.25. The van der Waals surface area contributed by atoms with Crippen LogP contribution in [0.4, 0.5) is 34.3 Å². The SMILES string of the molecule is C=CC(=O)C1CCCCN1c1cccc(NCc2ccc(Nc3cnc(Br)nc3Nc3ccccc3C(=O)NC)cc2)c1. The zero-order chi connectivity index (χ0) is 30.2. The third-order valence-electron chi connectivity index (χ3n) is 7.35. The molecule has 0 spiro atoms. The Morgan fingerprint density at radius 1 is 1.00 bits per heavy atom. The molecular weight excluding hydrogens is 606 g/mol. The Kier molecular flexibility index (Phi) is 9.68. The van der Waals surface area contributed by atoms with Gasteiger partial charge in [-0.15, -0.1) is 0 Å². The fourth-order valence-corrected chi connectivity index (χ4v) is 5.41. The maximum atomic E-state index is 12.4. The number of nitrogens with one attached hydrogen (secondary N) is 4. The van der Waals surface area contributed by atoms with Gasteiger partial charge in [0.25, 0.3) is 5.91 Å². The maximum Gasteiger partial charge on any atom is 0.253 e. The van der Waals surface area contributed by atoms with E-state index < -0.39 is 0 Å². The van der Waals surface area contributed by atoms with Gasteiger partial charge in [-0.2, -0.15) is 0 Å². The number of ketones is 1. The molecule has 1 aliphatic heterocycles. The number of benzene rings is 3. The normalized spacial score (nSPS) is 14.5. The van der Waals surface area contributed by atoms with Crippen LogP contribution in [0.5, 0.6) is 0 Å². The summed E-state index contributed by atoms with van der Waals surface area (Å²) in [5, 5.41) is 12.8. The Morgan fingerprint density at radius 3 is 2.60 bits per heavy atom. The molecule has 1 saturated heterocycles. The largest absolute Gasteiger partial charge is 0.381 e. The maximum absolute atomic E-state index is 12.4. The number of piperidine rings is 1. The van der Waals surface area contributed by atoms with Crippen molar-refractivity contribution >= 4 is 61.9 Å². The van der Waals surface area contributed by atoms with Crippen molar-refractivity contribution in [1.29, 1.82) is 0 Å². The third-order valence-corrected chi connectivity index (χ3v) is 7.73. The van der Waals surface area contributed by atoms with E-state index in [1.165, 1.54) is 6.08 Å². The second-order valence-electron chi connectivity index (χ2n) is 10.2. The molecule has 1 amide bonds. The van der Waals surface area contributed by atoms with Crippen molar-refractivity contribution in [2.45, 2.75) is 31.8 Å². The highest BCUT2D eigenvalue weighted by Gasteiger charge is 2.27. The van der Waals surface area contributed by atoms with Gasteiger partial charge in [-0.25, -0.2) is 9.97 Å². The van der Waals surface area contributed by atoms with Crippen molar-refractivity contribution in [3.63, 3.8) is 0 Å². The molecule has 1 unspecified atom stereocenters. The number of anilines is 6. The van der Waals surface area contributed by atoms with E-state index in [2.05, 4.69) is 82.9 Å². The molecule has 0 radical (unpaired) electrons. The molecule has 220 valence electrons. The molecule has 1 aliphatic rings. The third kappa shape index (κ3) is 7.39. The highest BCUT2D eigenvalue weighted by Crippen LogP contribution is 2.30. The van der Waals surface area contributed by atoms with Gasteiger partial charge in [-0.3, -0.25) is 9.59 Å². The van der Waals surface area contributed by atoms with Crippen LogP contribution in [0.2, 0.25) is 0 Å². The Hall–Kier alpha value is -4.70. The number of aromatic nitrogens is 2. The number of amides is 1. The summed E-state index contributed by atoms with van der Waals surface area (Å²) in [4.78, 5) is 35.8. The van der Waals surface area contributed by atoms with E-state index in [-0.39, 0.29) is 17.7 Å². The van der Waals surface area contributed by atoms with Gasteiger partial charge in [0.05, 0.1) is 23.5 Å². The van der Waals surface area contributed by atoms with Crippen molar-refractivity contribution in [3.05, 3.63) is 108 Å². The van der Waals surface area contributed by atoms with E-state index in [1.807, 2.05) is 42.5 Å². The molecule has 9 nitrogen and oxygen atoms in total.